The Hall–Kier alpha value is -2.83. The zero-order chi connectivity index (χ0) is 27.9. The van der Waals surface area contributed by atoms with Crippen molar-refractivity contribution in [3.63, 3.8) is 0 Å². The number of hydrogen-bond acceptors (Lipinski definition) is 6. The van der Waals surface area contributed by atoms with Crippen LogP contribution in [0.4, 0.5) is 23.8 Å². The highest BCUT2D eigenvalue weighted by molar-refractivity contribution is 6.35. The number of carboxylic acid groups (broad SMARTS) is 1. The van der Waals surface area contributed by atoms with Crippen LogP contribution in [0, 0.1) is 11.8 Å². The molecule has 3 aromatic rings. The van der Waals surface area contributed by atoms with E-state index in [1.54, 1.807) is 19.1 Å². The highest BCUT2D eigenvalue weighted by Crippen LogP contribution is 2.38. The minimum absolute atomic E-state index is 0.0385. The third-order valence-corrected chi connectivity index (χ3v) is 8.15. The van der Waals surface area contributed by atoms with Crippen LogP contribution < -0.4 is 10.2 Å². The topological polar surface area (TPSA) is 99.4 Å². The lowest BCUT2D eigenvalue weighted by atomic mass is 9.80. The maximum atomic E-state index is 13.8. The number of anilines is 1. The number of benzene rings is 1. The van der Waals surface area contributed by atoms with Gasteiger partial charge in [-0.3, -0.25) is 0 Å². The lowest BCUT2D eigenvalue weighted by Gasteiger charge is -2.47. The minimum atomic E-state index is -4.70. The summed E-state index contributed by atoms with van der Waals surface area (Å²) in [5.41, 5.74) is -0.791. The number of piperidine rings is 1. The first kappa shape index (κ1) is 27.7. The molecule has 2 atom stereocenters. The van der Waals surface area contributed by atoms with Gasteiger partial charge in [-0.25, -0.2) is 19.4 Å². The van der Waals surface area contributed by atoms with E-state index in [-0.39, 0.29) is 11.2 Å². The Kier molecular flexibility index (Phi) is 7.80. The Morgan fingerprint density at radius 2 is 2.00 bits per heavy atom. The summed E-state index contributed by atoms with van der Waals surface area (Å²) in [4.78, 5) is 23.8. The van der Waals surface area contributed by atoms with Gasteiger partial charge < -0.3 is 20.2 Å². The first-order valence-electron chi connectivity index (χ1n) is 12.7. The first-order valence-corrected chi connectivity index (χ1v) is 13.5. The molecule has 4 heterocycles. The van der Waals surface area contributed by atoms with Gasteiger partial charge in [-0.15, -0.1) is 0 Å². The van der Waals surface area contributed by atoms with Crippen LogP contribution in [0.1, 0.15) is 37.1 Å². The molecule has 0 radical (unpaired) electrons. The molecule has 1 amide bonds. The van der Waals surface area contributed by atoms with Crippen LogP contribution in [-0.2, 0) is 6.18 Å². The molecule has 0 bridgehead atoms. The molecule has 2 aromatic heterocycles. The van der Waals surface area contributed by atoms with Gasteiger partial charge >= 0.3 is 12.3 Å². The number of likely N-dealkylation sites (tertiary alicyclic amines) is 1. The summed E-state index contributed by atoms with van der Waals surface area (Å²) in [7, 11) is 0. The normalized spacial score (nSPS) is 19.7. The van der Waals surface area contributed by atoms with Crippen molar-refractivity contribution in [1.82, 2.24) is 30.0 Å². The number of nitrogens with zero attached hydrogens (tertiary/aromatic N) is 6. The number of alkyl halides is 3. The predicted molar refractivity (Wildman–Crippen MR) is 141 cm³/mol. The molecule has 2 aliphatic rings. The zero-order valence-electron chi connectivity index (χ0n) is 21.1. The molecule has 39 heavy (non-hydrogen) atoms. The molecular formula is C25H28Cl2F3N7O2. The van der Waals surface area contributed by atoms with Gasteiger partial charge in [0.05, 0.1) is 12.2 Å². The summed E-state index contributed by atoms with van der Waals surface area (Å²) in [6.07, 6.45) is -2.20. The van der Waals surface area contributed by atoms with Crippen LogP contribution in [0.5, 0.6) is 0 Å². The van der Waals surface area contributed by atoms with Gasteiger partial charge in [0.15, 0.2) is 11.3 Å². The monoisotopic (exact) mass is 585 g/mol. The van der Waals surface area contributed by atoms with E-state index >= 15 is 0 Å². The van der Waals surface area contributed by atoms with E-state index in [0.29, 0.717) is 46.4 Å². The van der Waals surface area contributed by atoms with Crippen molar-refractivity contribution >= 4 is 46.3 Å². The molecule has 14 heteroatoms. The van der Waals surface area contributed by atoms with E-state index in [1.165, 1.54) is 16.9 Å². The van der Waals surface area contributed by atoms with Crippen molar-refractivity contribution in [2.75, 3.05) is 44.2 Å². The molecule has 210 valence electrons. The second-order valence-electron chi connectivity index (χ2n) is 10.1. The average molecular weight is 586 g/mol. The number of amides is 1. The third kappa shape index (κ3) is 5.87. The van der Waals surface area contributed by atoms with Gasteiger partial charge in [-0.2, -0.15) is 18.3 Å². The van der Waals surface area contributed by atoms with Crippen molar-refractivity contribution in [3.05, 3.63) is 45.7 Å². The number of carbonyl (C=O) groups is 1. The van der Waals surface area contributed by atoms with E-state index in [4.69, 9.17) is 28.3 Å². The molecule has 0 spiro atoms. The molecule has 9 nitrogen and oxygen atoms in total. The van der Waals surface area contributed by atoms with E-state index in [9.17, 15) is 18.0 Å². The van der Waals surface area contributed by atoms with Crippen LogP contribution in [0.15, 0.2) is 24.4 Å². The summed E-state index contributed by atoms with van der Waals surface area (Å²) < 4.78 is 42.7. The first-order chi connectivity index (χ1) is 18.5. The fourth-order valence-corrected chi connectivity index (χ4v) is 6.05. The Bertz CT molecular complexity index is 1360. The number of hydrogen-bond donors (Lipinski definition) is 2. The van der Waals surface area contributed by atoms with E-state index in [2.05, 4.69) is 25.3 Å². The van der Waals surface area contributed by atoms with Crippen LogP contribution in [-0.4, -0.2) is 75.1 Å². The van der Waals surface area contributed by atoms with Gasteiger partial charge in [0.2, 0.25) is 0 Å². The summed E-state index contributed by atoms with van der Waals surface area (Å²) in [6, 6.07) is 4.18. The number of aromatic nitrogens is 4. The Morgan fingerprint density at radius 1 is 1.23 bits per heavy atom. The van der Waals surface area contributed by atoms with Crippen LogP contribution in [0.25, 0.3) is 11.2 Å². The van der Waals surface area contributed by atoms with Gasteiger partial charge in [0, 0.05) is 42.8 Å². The van der Waals surface area contributed by atoms with Crippen molar-refractivity contribution < 1.29 is 23.1 Å². The number of fused-ring (bicyclic) bond motifs is 1. The number of rotatable bonds is 7. The SMILES string of the molecule is CC(c1ccc(Cl)cc1Cl)n1nc(C(F)(F)F)c2ncc(N3CC([C@H]4CCCN(CCNC(=O)O)C4)C3)nc21. The molecule has 1 unspecified atom stereocenters. The molecule has 2 N–H and O–H groups in total. The predicted octanol–water partition coefficient (Wildman–Crippen LogP) is 5.18. The van der Waals surface area contributed by atoms with Crippen LogP contribution in [0.3, 0.4) is 0 Å². The number of nitrogens with one attached hydrogen (secondary N) is 1. The molecule has 0 saturated carbocycles. The van der Waals surface area contributed by atoms with Crippen LogP contribution >= 0.6 is 23.2 Å². The van der Waals surface area contributed by atoms with Crippen molar-refractivity contribution in [1.29, 1.82) is 0 Å². The third-order valence-electron chi connectivity index (χ3n) is 7.59. The molecule has 2 saturated heterocycles. The number of halogens is 5. The quantitative estimate of drug-likeness (QED) is 0.394. The van der Waals surface area contributed by atoms with Gasteiger partial charge in [-0.05, 0) is 55.8 Å². The molecule has 5 rings (SSSR count). The van der Waals surface area contributed by atoms with Gasteiger partial charge in [-0.1, -0.05) is 29.3 Å². The van der Waals surface area contributed by atoms with Gasteiger partial charge in [0.25, 0.3) is 0 Å². The Labute approximate surface area is 232 Å². The molecule has 2 fully saturated rings. The molecular weight excluding hydrogens is 558 g/mol. The summed E-state index contributed by atoms with van der Waals surface area (Å²) >= 11 is 12.4. The fourth-order valence-electron chi connectivity index (χ4n) is 5.48. The molecule has 1 aromatic carbocycles. The lowest BCUT2D eigenvalue weighted by Crippen LogP contribution is -2.54. The van der Waals surface area contributed by atoms with E-state index in [1.807, 2.05) is 4.90 Å². The molecule has 2 aliphatic heterocycles. The van der Waals surface area contributed by atoms with Crippen molar-refractivity contribution in [2.45, 2.75) is 32.0 Å². The van der Waals surface area contributed by atoms with Crippen molar-refractivity contribution in [2.24, 2.45) is 11.8 Å². The summed E-state index contributed by atoms with van der Waals surface area (Å²) in [5, 5.41) is 15.8. The Morgan fingerprint density at radius 3 is 2.69 bits per heavy atom. The maximum Gasteiger partial charge on any atom is 0.437 e. The van der Waals surface area contributed by atoms with Crippen LogP contribution in [0.2, 0.25) is 10.0 Å². The molecule has 0 aliphatic carbocycles. The highest BCUT2D eigenvalue weighted by Gasteiger charge is 2.40. The standard InChI is InChI=1S/C25H28Cl2F3N7O2/c1-14(18-5-4-17(26)9-19(18)27)37-23-21(22(34-37)25(28,29)30)32-10-20(33-23)36-12-16(13-36)15-3-2-7-35(11-15)8-6-31-24(38)39/h4-5,9-10,14-16,31H,2-3,6-8,11-13H2,1H3,(H,38,39)/t14?,15-/m0/s1. The highest BCUT2D eigenvalue weighted by atomic mass is 35.5. The smallest absolute Gasteiger partial charge is 0.437 e. The summed E-state index contributed by atoms with van der Waals surface area (Å²) in [5.74, 6) is 1.38. The van der Waals surface area contributed by atoms with Crippen molar-refractivity contribution in [3.8, 4) is 0 Å². The largest absolute Gasteiger partial charge is 0.465 e. The second kappa shape index (κ2) is 11.0. The maximum absolute atomic E-state index is 13.8. The summed E-state index contributed by atoms with van der Waals surface area (Å²) in [6.45, 7) is 6.06. The minimum Gasteiger partial charge on any atom is -0.465 e. The lowest BCUT2D eigenvalue weighted by molar-refractivity contribution is -0.140. The second-order valence-corrected chi connectivity index (χ2v) is 11.0. The van der Waals surface area contributed by atoms with Gasteiger partial charge in [0.1, 0.15) is 11.3 Å². The average Bonchev–Trinajstić information content (AvgIpc) is 3.22. The van der Waals surface area contributed by atoms with E-state index in [0.717, 1.165) is 39.0 Å². The Balaban J connectivity index is 1.34. The zero-order valence-corrected chi connectivity index (χ0v) is 22.6. The van der Waals surface area contributed by atoms with E-state index < -0.39 is 24.0 Å². The fraction of sp³-hybridized carbons (Fsp3) is 0.520.